The van der Waals surface area contributed by atoms with E-state index in [-0.39, 0.29) is 54.2 Å². The Kier molecular flexibility index (Phi) is 6.76. The Morgan fingerprint density at radius 3 is 2.54 bits per heavy atom. The number of carbonyl (C=O) groups is 1. The van der Waals surface area contributed by atoms with Crippen LogP contribution in [0.25, 0.3) is 22.4 Å². The molecule has 4 N–H and O–H groups in total. The van der Waals surface area contributed by atoms with Gasteiger partial charge in [-0.15, -0.1) is 0 Å². The van der Waals surface area contributed by atoms with Crippen LogP contribution in [0.4, 0.5) is 5.95 Å². The van der Waals surface area contributed by atoms with Crippen LogP contribution in [0.3, 0.4) is 0 Å². The molecule has 0 radical (unpaired) electrons. The highest BCUT2D eigenvalue weighted by atomic mass is 16.5. The lowest BCUT2D eigenvalue weighted by Gasteiger charge is -2.13. The van der Waals surface area contributed by atoms with Gasteiger partial charge in [-0.05, 0) is 42.0 Å². The van der Waals surface area contributed by atoms with E-state index in [4.69, 9.17) is 4.74 Å². The van der Waals surface area contributed by atoms with Gasteiger partial charge in [-0.1, -0.05) is 6.07 Å². The van der Waals surface area contributed by atoms with Crippen LogP contribution in [0.5, 0.6) is 17.2 Å². The number of nitrogens with zero attached hydrogens (tertiary/aromatic N) is 4. The molecule has 0 bridgehead atoms. The maximum atomic E-state index is 13.4. The van der Waals surface area contributed by atoms with Crippen LogP contribution >= 0.6 is 0 Å². The molecule has 11 heteroatoms. The lowest BCUT2D eigenvalue weighted by atomic mass is 10.1. The lowest BCUT2D eigenvalue weighted by Crippen LogP contribution is -2.31. The number of hydrogen-bond acceptors (Lipinski definition) is 9. The van der Waals surface area contributed by atoms with Crippen molar-refractivity contribution >= 4 is 23.0 Å². The summed E-state index contributed by atoms with van der Waals surface area (Å²) in [6, 6.07) is 11.4. The van der Waals surface area contributed by atoms with Crippen molar-refractivity contribution in [1.82, 2.24) is 24.8 Å². The minimum atomic E-state index is -0.360. The number of fused-ring (bicyclic) bond motifs is 1. The smallest absolute Gasteiger partial charge is 0.278 e. The van der Waals surface area contributed by atoms with Gasteiger partial charge in [-0.3, -0.25) is 14.2 Å². The summed E-state index contributed by atoms with van der Waals surface area (Å²) in [6.07, 6.45) is 1.51. The molecular weight excluding hydrogens is 452 g/mol. The van der Waals surface area contributed by atoms with Crippen LogP contribution in [0.2, 0.25) is 0 Å². The number of nitrogens with one attached hydrogen (secondary N) is 2. The Labute approximate surface area is 200 Å². The number of hydrogen-bond donors (Lipinski definition) is 4. The molecule has 2 heterocycles. The van der Waals surface area contributed by atoms with Gasteiger partial charge in [0.25, 0.3) is 5.56 Å². The summed E-state index contributed by atoms with van der Waals surface area (Å²) in [5.74, 6) is 0.252. The number of phenols is 2. The maximum absolute atomic E-state index is 13.4. The van der Waals surface area contributed by atoms with Gasteiger partial charge in [0.05, 0.1) is 13.3 Å². The zero-order valence-electron chi connectivity index (χ0n) is 19.1. The summed E-state index contributed by atoms with van der Waals surface area (Å²) in [6.45, 7) is 2.09. The van der Waals surface area contributed by atoms with E-state index in [0.717, 1.165) is 0 Å². The minimum Gasteiger partial charge on any atom is -0.504 e. The lowest BCUT2D eigenvalue weighted by molar-refractivity contribution is -0.118. The van der Waals surface area contributed by atoms with Gasteiger partial charge in [0, 0.05) is 32.1 Å². The van der Waals surface area contributed by atoms with E-state index in [1.54, 1.807) is 37.4 Å². The van der Waals surface area contributed by atoms with Crippen molar-refractivity contribution < 1.29 is 19.7 Å². The summed E-state index contributed by atoms with van der Waals surface area (Å²) in [4.78, 5) is 38.1. The standard InChI is InChI=1S/C24H24N6O5/c1-14(31)25-9-10-30-22-18(28-21(23(30)34)16-4-6-17(35-2)7-5-16)13-27-24(29-22)26-12-15-3-8-19(32)20(33)11-15/h3-8,11,13,32-33H,9-10,12H2,1-2H3,(H,25,31)(H,26,27,29). The van der Waals surface area contributed by atoms with Crippen LogP contribution in [0, 0.1) is 0 Å². The first kappa shape index (κ1) is 23.5. The van der Waals surface area contributed by atoms with E-state index in [1.807, 2.05) is 0 Å². The molecule has 35 heavy (non-hydrogen) atoms. The molecule has 4 rings (SSSR count). The first-order valence-corrected chi connectivity index (χ1v) is 10.8. The first-order chi connectivity index (χ1) is 16.9. The van der Waals surface area contributed by atoms with E-state index in [9.17, 15) is 19.8 Å². The SMILES string of the molecule is COc1ccc(-c2nc3cnc(NCc4ccc(O)c(O)c4)nc3n(CCNC(C)=O)c2=O)cc1. The Balaban J connectivity index is 1.71. The summed E-state index contributed by atoms with van der Waals surface area (Å²) in [7, 11) is 1.56. The van der Waals surface area contributed by atoms with Crippen molar-refractivity contribution in [2.45, 2.75) is 20.0 Å². The van der Waals surface area contributed by atoms with Crippen molar-refractivity contribution in [1.29, 1.82) is 0 Å². The number of carbonyl (C=O) groups excluding carboxylic acids is 1. The normalized spacial score (nSPS) is 10.8. The molecule has 0 unspecified atom stereocenters. The quantitative estimate of drug-likeness (QED) is 0.280. The van der Waals surface area contributed by atoms with Crippen molar-refractivity contribution in [3.05, 3.63) is 64.6 Å². The number of aromatic hydroxyl groups is 2. The molecular formula is C24H24N6O5. The number of ether oxygens (including phenoxy) is 1. The number of rotatable bonds is 8. The van der Waals surface area contributed by atoms with Crippen molar-refractivity contribution in [2.75, 3.05) is 19.0 Å². The average Bonchev–Trinajstić information content (AvgIpc) is 2.85. The second-order valence-electron chi connectivity index (χ2n) is 7.71. The number of methoxy groups -OCH3 is 1. The topological polar surface area (TPSA) is 151 Å². The Hall–Kier alpha value is -4.67. The first-order valence-electron chi connectivity index (χ1n) is 10.8. The van der Waals surface area contributed by atoms with Crippen LogP contribution in [0.1, 0.15) is 12.5 Å². The van der Waals surface area contributed by atoms with Crippen LogP contribution < -0.4 is 20.9 Å². The summed E-state index contributed by atoms with van der Waals surface area (Å²) >= 11 is 0. The molecule has 180 valence electrons. The van der Waals surface area contributed by atoms with Crippen LogP contribution in [0.15, 0.2) is 53.5 Å². The highest BCUT2D eigenvalue weighted by molar-refractivity contribution is 5.75. The van der Waals surface area contributed by atoms with Crippen molar-refractivity contribution in [3.8, 4) is 28.5 Å². The third kappa shape index (κ3) is 5.29. The van der Waals surface area contributed by atoms with E-state index in [2.05, 4.69) is 25.6 Å². The molecule has 1 amide bonds. The highest BCUT2D eigenvalue weighted by Crippen LogP contribution is 2.25. The maximum Gasteiger partial charge on any atom is 0.278 e. The number of anilines is 1. The largest absolute Gasteiger partial charge is 0.504 e. The number of benzene rings is 2. The zero-order chi connectivity index (χ0) is 24.9. The fourth-order valence-electron chi connectivity index (χ4n) is 3.47. The van der Waals surface area contributed by atoms with Gasteiger partial charge in [0.15, 0.2) is 17.1 Å². The molecule has 11 nitrogen and oxygen atoms in total. The summed E-state index contributed by atoms with van der Waals surface area (Å²) in [5.41, 5.74) is 1.89. The van der Waals surface area contributed by atoms with Crippen molar-refractivity contribution in [3.63, 3.8) is 0 Å². The number of phenolic OH excluding ortho intramolecular Hbond substituents is 2. The Morgan fingerprint density at radius 2 is 1.86 bits per heavy atom. The molecule has 0 spiro atoms. The van der Waals surface area contributed by atoms with Gasteiger partial charge in [0.1, 0.15) is 17.0 Å². The molecule has 0 fully saturated rings. The van der Waals surface area contributed by atoms with Gasteiger partial charge in [0.2, 0.25) is 11.9 Å². The number of amides is 1. The van der Waals surface area contributed by atoms with E-state index in [0.29, 0.717) is 28.0 Å². The predicted octanol–water partition coefficient (Wildman–Crippen LogP) is 2.02. The average molecular weight is 476 g/mol. The Morgan fingerprint density at radius 1 is 1.09 bits per heavy atom. The van der Waals surface area contributed by atoms with Gasteiger partial charge >= 0.3 is 0 Å². The molecule has 2 aromatic heterocycles. The van der Waals surface area contributed by atoms with Crippen LogP contribution in [-0.4, -0.2) is 49.3 Å². The summed E-state index contributed by atoms with van der Waals surface area (Å²) in [5, 5.41) is 24.9. The zero-order valence-corrected chi connectivity index (χ0v) is 19.1. The molecule has 0 atom stereocenters. The molecule has 0 aliphatic heterocycles. The molecule has 0 saturated heterocycles. The van der Waals surface area contributed by atoms with E-state index >= 15 is 0 Å². The Bertz CT molecular complexity index is 1440. The number of aromatic nitrogens is 4. The minimum absolute atomic E-state index is 0.183. The van der Waals surface area contributed by atoms with Crippen molar-refractivity contribution in [2.24, 2.45) is 0 Å². The monoisotopic (exact) mass is 476 g/mol. The third-order valence-electron chi connectivity index (χ3n) is 5.25. The predicted molar refractivity (Wildman–Crippen MR) is 129 cm³/mol. The fraction of sp³-hybridized carbons (Fsp3) is 0.208. The second kappa shape index (κ2) is 10.1. The second-order valence-corrected chi connectivity index (χ2v) is 7.71. The van der Waals surface area contributed by atoms with E-state index < -0.39 is 0 Å². The molecule has 4 aromatic rings. The molecule has 2 aromatic carbocycles. The highest BCUT2D eigenvalue weighted by Gasteiger charge is 2.15. The van der Waals surface area contributed by atoms with E-state index in [1.165, 1.54) is 29.8 Å². The van der Waals surface area contributed by atoms with Gasteiger partial charge in [-0.2, -0.15) is 4.98 Å². The molecule has 0 aliphatic rings. The summed E-state index contributed by atoms with van der Waals surface area (Å²) < 4.78 is 6.64. The van der Waals surface area contributed by atoms with Crippen LogP contribution in [-0.2, 0) is 17.9 Å². The fourth-order valence-corrected chi connectivity index (χ4v) is 3.47. The van der Waals surface area contributed by atoms with Gasteiger partial charge < -0.3 is 25.6 Å². The molecule has 0 saturated carbocycles. The van der Waals surface area contributed by atoms with Gasteiger partial charge in [-0.25, -0.2) is 9.97 Å². The molecule has 0 aliphatic carbocycles. The third-order valence-corrected chi connectivity index (χ3v) is 5.25.